The van der Waals surface area contributed by atoms with Gasteiger partial charge in [0.15, 0.2) is 6.61 Å². The lowest BCUT2D eigenvalue weighted by Gasteiger charge is -2.16. The molecule has 0 N–H and O–H groups in total. The van der Waals surface area contributed by atoms with E-state index < -0.39 is 0 Å². The molecule has 2 aromatic rings. The average molecular weight is 446 g/mol. The van der Waals surface area contributed by atoms with Gasteiger partial charge in [-0.15, -0.1) is 23.1 Å². The number of hydrogen-bond donors (Lipinski definition) is 0. The molecule has 1 heterocycles. The van der Waals surface area contributed by atoms with E-state index >= 15 is 0 Å². The number of thiazole rings is 1. The summed E-state index contributed by atoms with van der Waals surface area (Å²) in [6.07, 6.45) is 6.91. The summed E-state index contributed by atoms with van der Waals surface area (Å²) < 4.78 is 10.4. The van der Waals surface area contributed by atoms with Crippen LogP contribution in [0.25, 0.3) is 5.57 Å². The number of carbonyl (C=O) groups is 1. The Labute approximate surface area is 188 Å². The number of esters is 1. The number of allylic oxidation sites excluding steroid dienone is 3. The van der Waals surface area contributed by atoms with Gasteiger partial charge in [-0.05, 0) is 62.4 Å². The summed E-state index contributed by atoms with van der Waals surface area (Å²) >= 11 is 3.57. The van der Waals surface area contributed by atoms with Crippen LogP contribution in [0.4, 0.5) is 0 Å². The molecule has 0 fully saturated rings. The number of carbonyl (C=O) groups excluding carboxylic acids is 1. The van der Waals surface area contributed by atoms with Crippen molar-refractivity contribution in [3.8, 4) is 5.75 Å². The lowest BCUT2D eigenvalue weighted by atomic mass is 10.0. The number of thioether (sulfide) groups is 1. The minimum Gasteiger partial charge on any atom is -0.482 e. The van der Waals surface area contributed by atoms with Crippen LogP contribution in [-0.4, -0.2) is 24.7 Å². The second kappa shape index (κ2) is 12.0. The molecule has 1 aromatic carbocycles. The molecule has 0 aliphatic carbocycles. The van der Waals surface area contributed by atoms with Crippen LogP contribution < -0.4 is 4.74 Å². The number of nitrogens with zero attached hydrogens (tertiary/aromatic N) is 1. The monoisotopic (exact) mass is 445 g/mol. The first-order valence-corrected chi connectivity index (χ1v) is 11.9. The predicted octanol–water partition coefficient (Wildman–Crippen LogP) is 6.54. The number of unbranched alkanes of at least 4 members (excludes halogenated alkanes) is 1. The Bertz CT molecular complexity index is 915. The van der Waals surface area contributed by atoms with Crippen molar-refractivity contribution in [1.29, 1.82) is 0 Å². The van der Waals surface area contributed by atoms with E-state index in [1.54, 1.807) is 17.4 Å². The van der Waals surface area contributed by atoms with Crippen molar-refractivity contribution in [1.82, 2.24) is 4.98 Å². The number of benzene rings is 1. The second-order valence-corrected chi connectivity index (χ2v) is 9.14. The Morgan fingerprint density at radius 1 is 1.33 bits per heavy atom. The van der Waals surface area contributed by atoms with E-state index in [0.29, 0.717) is 0 Å². The van der Waals surface area contributed by atoms with Crippen molar-refractivity contribution in [3.63, 3.8) is 0 Å². The van der Waals surface area contributed by atoms with Crippen molar-refractivity contribution >= 4 is 34.6 Å². The fourth-order valence-corrected chi connectivity index (χ4v) is 5.23. The summed E-state index contributed by atoms with van der Waals surface area (Å²) in [6.45, 7) is 12.1. The lowest BCUT2D eigenvalue weighted by Crippen LogP contribution is -2.13. The first kappa shape index (κ1) is 24.2. The maximum absolute atomic E-state index is 11.5. The highest BCUT2D eigenvalue weighted by Gasteiger charge is 2.15. The fourth-order valence-electron chi connectivity index (χ4n) is 2.98. The molecule has 0 saturated heterocycles. The molecular weight excluding hydrogens is 414 g/mol. The maximum Gasteiger partial charge on any atom is 0.343 e. The molecule has 0 saturated carbocycles. The smallest absolute Gasteiger partial charge is 0.343 e. The van der Waals surface area contributed by atoms with Gasteiger partial charge in [0.25, 0.3) is 0 Å². The van der Waals surface area contributed by atoms with E-state index in [4.69, 9.17) is 14.5 Å². The van der Waals surface area contributed by atoms with E-state index in [2.05, 4.69) is 40.3 Å². The van der Waals surface area contributed by atoms with E-state index in [0.717, 1.165) is 47.0 Å². The molecule has 4 nitrogen and oxygen atoms in total. The zero-order valence-corrected chi connectivity index (χ0v) is 20.2. The molecule has 162 valence electrons. The predicted molar refractivity (Wildman–Crippen MR) is 128 cm³/mol. The lowest BCUT2D eigenvalue weighted by molar-refractivity contribution is -0.142. The Kier molecular flexibility index (Phi) is 9.66. The maximum atomic E-state index is 11.5. The van der Waals surface area contributed by atoms with Gasteiger partial charge in [0.05, 0.1) is 12.8 Å². The first-order valence-electron chi connectivity index (χ1n) is 10.1. The van der Waals surface area contributed by atoms with Crippen LogP contribution in [0, 0.1) is 13.8 Å². The van der Waals surface area contributed by atoms with Gasteiger partial charge in [-0.1, -0.05) is 32.1 Å². The van der Waals surface area contributed by atoms with Gasteiger partial charge in [0.2, 0.25) is 0 Å². The highest BCUT2D eigenvalue weighted by molar-refractivity contribution is 7.98. The zero-order chi connectivity index (χ0) is 22.1. The third-order valence-electron chi connectivity index (χ3n) is 4.82. The molecule has 2 rings (SSSR count). The highest BCUT2D eigenvalue weighted by Crippen LogP contribution is 2.36. The Morgan fingerprint density at radius 2 is 2.10 bits per heavy atom. The molecule has 6 heteroatoms. The standard InChI is InChI=1S/C24H31NO3S2/c1-7-9-11-19-17(4)21(13-12-20(19)28-14-23(26)27-6)29-15-22-18(5)25-24(30-22)16(3)10-8-2/h8,10,12-13H,2,7,9,11,14-15H2,1,3-6H3/b16-10+. The number of rotatable bonds is 11. The van der Waals surface area contributed by atoms with E-state index in [-0.39, 0.29) is 12.6 Å². The van der Waals surface area contributed by atoms with Crippen molar-refractivity contribution in [2.75, 3.05) is 13.7 Å². The summed E-state index contributed by atoms with van der Waals surface area (Å²) in [4.78, 5) is 18.7. The number of aromatic nitrogens is 1. The Balaban J connectivity index is 2.20. The van der Waals surface area contributed by atoms with Gasteiger partial charge >= 0.3 is 5.97 Å². The van der Waals surface area contributed by atoms with Crippen LogP contribution in [0.5, 0.6) is 5.75 Å². The number of aryl methyl sites for hydroxylation is 1. The van der Waals surface area contributed by atoms with Crippen LogP contribution in [0.2, 0.25) is 0 Å². The van der Waals surface area contributed by atoms with Gasteiger partial charge < -0.3 is 9.47 Å². The van der Waals surface area contributed by atoms with Crippen molar-refractivity contribution in [2.24, 2.45) is 0 Å². The van der Waals surface area contributed by atoms with Gasteiger partial charge in [-0.25, -0.2) is 9.78 Å². The molecule has 1 aromatic heterocycles. The topological polar surface area (TPSA) is 48.4 Å². The molecule has 0 bridgehead atoms. The number of methoxy groups -OCH3 is 1. The number of ether oxygens (including phenoxy) is 2. The van der Waals surface area contributed by atoms with Gasteiger partial charge in [0, 0.05) is 15.5 Å². The van der Waals surface area contributed by atoms with Crippen LogP contribution in [0.3, 0.4) is 0 Å². The largest absolute Gasteiger partial charge is 0.482 e. The first-order chi connectivity index (χ1) is 14.4. The Hall–Kier alpha value is -2.05. The molecule has 30 heavy (non-hydrogen) atoms. The summed E-state index contributed by atoms with van der Waals surface area (Å²) in [6, 6.07) is 4.06. The van der Waals surface area contributed by atoms with E-state index in [1.807, 2.05) is 23.9 Å². The molecule has 0 amide bonds. The quantitative estimate of drug-likeness (QED) is 0.223. The Morgan fingerprint density at radius 3 is 2.77 bits per heavy atom. The minimum atomic E-state index is -0.371. The second-order valence-electron chi connectivity index (χ2n) is 7.04. The van der Waals surface area contributed by atoms with Crippen LogP contribution in [0.1, 0.15) is 53.4 Å². The van der Waals surface area contributed by atoms with E-state index in [1.165, 1.54) is 28.0 Å². The summed E-state index contributed by atoms with van der Waals surface area (Å²) in [7, 11) is 1.37. The number of hydrogen-bond acceptors (Lipinski definition) is 6. The summed E-state index contributed by atoms with van der Waals surface area (Å²) in [5.74, 6) is 1.28. The third kappa shape index (κ3) is 6.47. The average Bonchev–Trinajstić information content (AvgIpc) is 3.11. The molecule has 0 spiro atoms. The molecule has 0 aliphatic rings. The molecule has 0 unspecified atom stereocenters. The van der Waals surface area contributed by atoms with Crippen LogP contribution in [-0.2, 0) is 21.7 Å². The molecule has 0 aliphatic heterocycles. The molecule has 0 atom stereocenters. The molecule has 0 radical (unpaired) electrons. The third-order valence-corrected chi connectivity index (χ3v) is 7.48. The minimum absolute atomic E-state index is 0.0675. The fraction of sp³-hybridized carbons (Fsp3) is 0.417. The van der Waals surface area contributed by atoms with E-state index in [9.17, 15) is 4.79 Å². The zero-order valence-electron chi connectivity index (χ0n) is 18.5. The van der Waals surface area contributed by atoms with Crippen LogP contribution in [0.15, 0.2) is 35.8 Å². The van der Waals surface area contributed by atoms with Crippen molar-refractivity contribution in [3.05, 3.63) is 57.6 Å². The van der Waals surface area contributed by atoms with Gasteiger partial charge in [0.1, 0.15) is 10.8 Å². The van der Waals surface area contributed by atoms with Crippen molar-refractivity contribution < 1.29 is 14.3 Å². The van der Waals surface area contributed by atoms with Crippen molar-refractivity contribution in [2.45, 2.75) is 57.6 Å². The van der Waals surface area contributed by atoms with Gasteiger partial charge in [-0.3, -0.25) is 0 Å². The summed E-state index contributed by atoms with van der Waals surface area (Å²) in [5, 5.41) is 1.05. The normalized spacial score (nSPS) is 11.4. The molecular formula is C24H31NO3S2. The van der Waals surface area contributed by atoms with Crippen LogP contribution >= 0.6 is 23.1 Å². The van der Waals surface area contributed by atoms with Gasteiger partial charge in [-0.2, -0.15) is 0 Å². The summed E-state index contributed by atoms with van der Waals surface area (Å²) in [5.41, 5.74) is 4.62. The highest BCUT2D eigenvalue weighted by atomic mass is 32.2. The SMILES string of the molecule is C=C/C=C(\C)c1nc(C)c(CSc2ccc(OCC(=O)OC)c(CCCC)c2C)s1.